The Kier molecular flexibility index (Phi) is 2.50. The van der Waals surface area contributed by atoms with E-state index in [2.05, 4.69) is 25.8 Å². The van der Waals surface area contributed by atoms with Crippen LogP contribution in [-0.4, -0.2) is 11.3 Å². The third kappa shape index (κ3) is 2.14. The lowest BCUT2D eigenvalue weighted by molar-refractivity contribution is 0.112. The molecule has 2 heteroatoms. The molecule has 0 atom stereocenters. The first-order chi connectivity index (χ1) is 5.95. The van der Waals surface area contributed by atoms with E-state index in [1.165, 1.54) is 0 Å². The summed E-state index contributed by atoms with van der Waals surface area (Å²) in [6, 6.07) is 1.98. The van der Waals surface area contributed by atoms with Crippen LogP contribution in [-0.2, 0) is 5.41 Å². The Morgan fingerprint density at radius 2 is 2.00 bits per heavy atom. The van der Waals surface area contributed by atoms with Crippen molar-refractivity contribution >= 4 is 6.29 Å². The molecule has 0 amide bonds. The Morgan fingerprint density at radius 3 is 2.46 bits per heavy atom. The van der Waals surface area contributed by atoms with Crippen LogP contribution in [0.2, 0.25) is 0 Å². The highest BCUT2D eigenvalue weighted by Gasteiger charge is 2.17. The molecule has 70 valence electrons. The van der Waals surface area contributed by atoms with Gasteiger partial charge in [0.15, 0.2) is 6.29 Å². The van der Waals surface area contributed by atoms with Gasteiger partial charge < -0.3 is 0 Å². The van der Waals surface area contributed by atoms with E-state index in [1.807, 2.05) is 13.0 Å². The zero-order valence-electron chi connectivity index (χ0n) is 8.59. The lowest BCUT2D eigenvalue weighted by atomic mass is 9.84. The molecule has 0 N–H and O–H groups in total. The number of carbonyl (C=O) groups is 1. The fourth-order valence-corrected chi connectivity index (χ4v) is 1.31. The van der Waals surface area contributed by atoms with Crippen LogP contribution in [0, 0.1) is 6.92 Å². The molecule has 0 spiro atoms. The fourth-order valence-electron chi connectivity index (χ4n) is 1.31. The molecule has 0 radical (unpaired) electrons. The van der Waals surface area contributed by atoms with E-state index in [1.54, 1.807) is 6.20 Å². The van der Waals surface area contributed by atoms with Crippen molar-refractivity contribution in [3.05, 3.63) is 29.1 Å². The van der Waals surface area contributed by atoms with Crippen LogP contribution < -0.4 is 0 Å². The highest BCUT2D eigenvalue weighted by atomic mass is 16.1. The van der Waals surface area contributed by atoms with E-state index < -0.39 is 0 Å². The third-order valence-electron chi connectivity index (χ3n) is 2.01. The van der Waals surface area contributed by atoms with Crippen molar-refractivity contribution in [2.45, 2.75) is 33.1 Å². The zero-order chi connectivity index (χ0) is 10.1. The Hall–Kier alpha value is -1.18. The Morgan fingerprint density at radius 1 is 1.38 bits per heavy atom. The number of pyridine rings is 1. The molecule has 0 aliphatic heterocycles. The van der Waals surface area contributed by atoms with Gasteiger partial charge in [-0.2, -0.15) is 0 Å². The monoisotopic (exact) mass is 177 g/mol. The van der Waals surface area contributed by atoms with Gasteiger partial charge in [-0.25, -0.2) is 0 Å². The Balaban J connectivity index is 3.32. The molecule has 0 aliphatic rings. The molecule has 0 saturated carbocycles. The maximum Gasteiger partial charge on any atom is 0.151 e. The molecule has 0 aliphatic carbocycles. The minimum atomic E-state index is 0.00391. The van der Waals surface area contributed by atoms with Gasteiger partial charge in [-0.15, -0.1) is 0 Å². The van der Waals surface area contributed by atoms with Crippen LogP contribution in [0.15, 0.2) is 12.3 Å². The van der Waals surface area contributed by atoms with Crippen LogP contribution in [0.25, 0.3) is 0 Å². The Bertz CT molecular complexity index is 323. The van der Waals surface area contributed by atoms with Crippen molar-refractivity contribution in [1.82, 2.24) is 4.98 Å². The van der Waals surface area contributed by atoms with Crippen molar-refractivity contribution in [1.29, 1.82) is 0 Å². The van der Waals surface area contributed by atoms with Crippen molar-refractivity contribution in [3.63, 3.8) is 0 Å². The number of rotatable bonds is 1. The average molecular weight is 177 g/mol. The van der Waals surface area contributed by atoms with Crippen LogP contribution >= 0.6 is 0 Å². The zero-order valence-corrected chi connectivity index (χ0v) is 8.59. The van der Waals surface area contributed by atoms with Crippen molar-refractivity contribution in [2.75, 3.05) is 0 Å². The second-order valence-electron chi connectivity index (χ2n) is 4.28. The van der Waals surface area contributed by atoms with Crippen LogP contribution in [0.4, 0.5) is 0 Å². The van der Waals surface area contributed by atoms with E-state index in [9.17, 15) is 4.79 Å². The molecule has 1 rings (SSSR count). The highest BCUT2D eigenvalue weighted by molar-refractivity contribution is 5.77. The SMILES string of the molecule is Cc1cc(C(C)(C)C)c(C=O)cn1. The van der Waals surface area contributed by atoms with Gasteiger partial charge in [-0.05, 0) is 24.0 Å². The first-order valence-electron chi connectivity index (χ1n) is 4.37. The number of aryl methyl sites for hydroxylation is 1. The minimum Gasteiger partial charge on any atom is -0.298 e. The van der Waals surface area contributed by atoms with E-state index in [0.29, 0.717) is 5.56 Å². The standard InChI is InChI=1S/C11H15NO/c1-8-5-10(11(2,3)4)9(7-13)6-12-8/h5-7H,1-4H3. The van der Waals surface area contributed by atoms with Gasteiger partial charge in [0.1, 0.15) is 0 Å². The average Bonchev–Trinajstić information content (AvgIpc) is 2.03. The van der Waals surface area contributed by atoms with E-state index >= 15 is 0 Å². The summed E-state index contributed by atoms with van der Waals surface area (Å²) < 4.78 is 0. The van der Waals surface area contributed by atoms with Crippen LogP contribution in [0.1, 0.15) is 42.4 Å². The summed E-state index contributed by atoms with van der Waals surface area (Å²) >= 11 is 0. The molecular weight excluding hydrogens is 162 g/mol. The molecule has 0 saturated heterocycles. The minimum absolute atomic E-state index is 0.00391. The van der Waals surface area contributed by atoms with Crippen molar-refractivity contribution < 1.29 is 4.79 Å². The van der Waals surface area contributed by atoms with Gasteiger partial charge in [-0.3, -0.25) is 9.78 Å². The van der Waals surface area contributed by atoms with Gasteiger partial charge in [0.05, 0.1) is 0 Å². The van der Waals surface area contributed by atoms with Crippen LogP contribution in [0.5, 0.6) is 0 Å². The van der Waals surface area contributed by atoms with E-state index in [4.69, 9.17) is 0 Å². The first kappa shape index (κ1) is 9.90. The molecule has 1 aromatic rings. The van der Waals surface area contributed by atoms with Gasteiger partial charge >= 0.3 is 0 Å². The number of carbonyl (C=O) groups excluding carboxylic acids is 1. The van der Waals surface area contributed by atoms with Gasteiger partial charge in [0.25, 0.3) is 0 Å². The molecule has 13 heavy (non-hydrogen) atoms. The van der Waals surface area contributed by atoms with Gasteiger partial charge in [0, 0.05) is 17.5 Å². The lowest BCUT2D eigenvalue weighted by Crippen LogP contribution is -2.14. The highest BCUT2D eigenvalue weighted by Crippen LogP contribution is 2.24. The largest absolute Gasteiger partial charge is 0.298 e. The predicted octanol–water partition coefficient (Wildman–Crippen LogP) is 2.50. The smallest absolute Gasteiger partial charge is 0.151 e. The second-order valence-corrected chi connectivity index (χ2v) is 4.28. The molecule has 0 fully saturated rings. The molecule has 2 nitrogen and oxygen atoms in total. The number of hydrogen-bond acceptors (Lipinski definition) is 2. The number of hydrogen-bond donors (Lipinski definition) is 0. The van der Waals surface area contributed by atoms with Crippen molar-refractivity contribution in [2.24, 2.45) is 0 Å². The quantitative estimate of drug-likeness (QED) is 0.617. The maximum atomic E-state index is 10.7. The molecular formula is C11H15NO. The summed E-state index contributed by atoms with van der Waals surface area (Å²) in [6.45, 7) is 8.21. The summed E-state index contributed by atoms with van der Waals surface area (Å²) in [5.74, 6) is 0. The predicted molar refractivity (Wildman–Crippen MR) is 53.1 cm³/mol. The summed E-state index contributed by atoms with van der Waals surface area (Å²) in [5, 5.41) is 0. The lowest BCUT2D eigenvalue weighted by Gasteiger charge is -2.20. The van der Waals surface area contributed by atoms with Crippen LogP contribution in [0.3, 0.4) is 0 Å². The fraction of sp³-hybridized carbons (Fsp3) is 0.455. The summed E-state index contributed by atoms with van der Waals surface area (Å²) in [5.41, 5.74) is 2.72. The summed E-state index contributed by atoms with van der Waals surface area (Å²) in [4.78, 5) is 14.8. The second kappa shape index (κ2) is 3.29. The molecule has 1 heterocycles. The van der Waals surface area contributed by atoms with E-state index in [-0.39, 0.29) is 5.41 Å². The molecule has 0 bridgehead atoms. The van der Waals surface area contributed by atoms with Crippen molar-refractivity contribution in [3.8, 4) is 0 Å². The number of aldehydes is 1. The Labute approximate surface area is 79.0 Å². The molecule has 0 aromatic carbocycles. The summed E-state index contributed by atoms with van der Waals surface area (Å²) in [6.07, 6.45) is 2.51. The summed E-state index contributed by atoms with van der Waals surface area (Å²) in [7, 11) is 0. The topological polar surface area (TPSA) is 30.0 Å². The van der Waals surface area contributed by atoms with Gasteiger partial charge in [-0.1, -0.05) is 20.8 Å². The van der Waals surface area contributed by atoms with E-state index in [0.717, 1.165) is 17.5 Å². The number of nitrogens with zero attached hydrogens (tertiary/aromatic N) is 1. The number of aromatic nitrogens is 1. The maximum absolute atomic E-state index is 10.7. The first-order valence-corrected chi connectivity index (χ1v) is 4.37. The molecule has 0 unspecified atom stereocenters. The third-order valence-corrected chi connectivity index (χ3v) is 2.01. The molecule has 1 aromatic heterocycles. The normalized spacial score (nSPS) is 11.4. The van der Waals surface area contributed by atoms with Gasteiger partial charge in [0.2, 0.25) is 0 Å².